The Bertz CT molecular complexity index is 58.6. The molecule has 0 rings (SSSR count). The molecule has 0 amide bonds. The van der Waals surface area contributed by atoms with Crippen molar-refractivity contribution in [3.63, 3.8) is 0 Å². The predicted molar refractivity (Wildman–Crippen MR) is 9.54 cm³/mol. The van der Waals surface area contributed by atoms with E-state index in [9.17, 15) is 0 Å². The van der Waals surface area contributed by atoms with Gasteiger partial charge in [-0.2, -0.15) is 7.82 Å². The summed E-state index contributed by atoms with van der Waals surface area (Å²) >= 11 is 0. The fraction of sp³-hybridized carbons (Fsp3) is 0. The third kappa shape index (κ3) is 101. The van der Waals surface area contributed by atoms with Gasteiger partial charge in [0.2, 0.25) is 0 Å². The van der Waals surface area contributed by atoms with Crippen LogP contribution in [0.2, 0.25) is 0 Å². The molecule has 0 spiro atoms. The molecular weight excluding hydrogens is 225 g/mol. The van der Waals surface area contributed by atoms with Crippen LogP contribution < -0.4 is 44.2 Å². The van der Waals surface area contributed by atoms with E-state index in [1.165, 1.54) is 0 Å². The Morgan fingerprint density at radius 2 is 1.12 bits per heavy atom. The van der Waals surface area contributed by atoms with Gasteiger partial charge in [0.05, 0.1) is 0 Å². The van der Waals surface area contributed by atoms with Crippen LogP contribution in [0.5, 0.6) is 0 Å². The average Bonchev–Trinajstić information content (AvgIpc) is 0.722. The van der Waals surface area contributed by atoms with Crippen LogP contribution in [0.1, 0.15) is 0 Å². The van der Waals surface area contributed by atoms with Crippen LogP contribution in [0.4, 0.5) is 0 Å². The Labute approximate surface area is 87.4 Å². The minimum Gasteiger partial charge on any atom is -0.870 e. The Kier molecular flexibility index (Phi) is 25.2. The van der Waals surface area contributed by atoms with Gasteiger partial charge in [-0.15, -0.1) is 0 Å². The van der Waals surface area contributed by atoms with Crippen LogP contribution in [0.25, 0.3) is 0 Å². The van der Waals surface area contributed by atoms with Gasteiger partial charge >= 0.3 is 55.8 Å². The molecule has 1 N–H and O–H groups in total. The van der Waals surface area contributed by atoms with E-state index >= 15 is 0 Å². The summed E-state index contributed by atoms with van der Waals surface area (Å²) in [5, 5.41) is 0. The summed E-state index contributed by atoms with van der Waals surface area (Å²) in [7, 11) is -5.39. The summed E-state index contributed by atoms with van der Waals surface area (Å²) < 4.78 is 8.55. The van der Waals surface area contributed by atoms with E-state index in [0.717, 1.165) is 0 Å². The van der Waals surface area contributed by atoms with Crippen LogP contribution in [0, 0.1) is 0 Å². The van der Waals surface area contributed by atoms with Gasteiger partial charge in [0.15, 0.2) is 0 Å². The van der Waals surface area contributed by atoms with E-state index in [1.807, 2.05) is 0 Å². The minimum absolute atomic E-state index is 0. The first-order chi connectivity index (χ1) is 2.00. The van der Waals surface area contributed by atoms with Gasteiger partial charge in [-0.25, -0.2) is 0 Å². The fourth-order valence-corrected chi connectivity index (χ4v) is 0. The third-order valence-electron chi connectivity index (χ3n) is 0. The second kappa shape index (κ2) is 8.95. The van der Waals surface area contributed by atoms with E-state index in [4.69, 9.17) is 19.2 Å². The number of rotatable bonds is 0. The first kappa shape index (κ1) is 22.5. The summed E-state index contributed by atoms with van der Waals surface area (Å²) in [5.74, 6) is 0. The average molecular weight is 226 g/mol. The zero-order valence-electron chi connectivity index (χ0n) is 4.03. The number of hydrogen-bond acceptors (Lipinski definition) is 5. The van der Waals surface area contributed by atoms with Crippen LogP contribution in [-0.4, -0.2) is 5.48 Å². The van der Waals surface area contributed by atoms with Gasteiger partial charge in [-0.05, 0) is 0 Å². The Morgan fingerprint density at radius 3 is 1.12 bits per heavy atom. The van der Waals surface area contributed by atoms with Crippen molar-refractivity contribution in [3.8, 4) is 0 Å². The van der Waals surface area contributed by atoms with Gasteiger partial charge in [-0.1, -0.05) is 0 Å². The first-order valence-electron chi connectivity index (χ1n) is 0.730. The molecule has 0 aromatic rings. The second-order valence-electron chi connectivity index (χ2n) is 0.447. The molecule has 0 unspecified atom stereocenters. The largest absolute Gasteiger partial charge is 2.00 e. The molecule has 8 heavy (non-hydrogen) atoms. The molecule has 0 saturated carbocycles. The van der Waals surface area contributed by atoms with E-state index in [0.29, 0.717) is 0 Å². The summed E-state index contributed by atoms with van der Waals surface area (Å²) in [5.41, 5.74) is 0. The summed E-state index contributed by atoms with van der Waals surface area (Å²) in [6, 6.07) is 0. The van der Waals surface area contributed by atoms with E-state index in [-0.39, 0.29) is 61.2 Å². The van der Waals surface area contributed by atoms with Crippen molar-refractivity contribution in [2.24, 2.45) is 0 Å². The zero-order chi connectivity index (χ0) is 4.50. The van der Waals surface area contributed by atoms with Crippen LogP contribution in [0.3, 0.4) is 0 Å². The molecule has 5 nitrogen and oxygen atoms in total. The fourth-order valence-electron chi connectivity index (χ4n) is 0. The van der Waals surface area contributed by atoms with Crippen LogP contribution >= 0.6 is 7.82 Å². The smallest absolute Gasteiger partial charge is 0.870 e. The van der Waals surface area contributed by atoms with Gasteiger partial charge in [0, 0.05) is 0 Å². The molecule has 42 valence electrons. The SMILES string of the molecule is O=P([O-])([O-])[O-].[Na+].[OH-].[Zr+2]. The van der Waals surface area contributed by atoms with Crippen molar-refractivity contribution >= 4 is 7.82 Å². The third-order valence-corrected chi connectivity index (χ3v) is 0. The van der Waals surface area contributed by atoms with Crippen LogP contribution in [0.15, 0.2) is 0 Å². The van der Waals surface area contributed by atoms with Gasteiger partial charge in [-0.3, -0.25) is 0 Å². The zero-order valence-corrected chi connectivity index (χ0v) is 9.38. The number of hydrogen-bond donors (Lipinski definition) is 0. The van der Waals surface area contributed by atoms with Crippen molar-refractivity contribution in [1.29, 1.82) is 0 Å². The van der Waals surface area contributed by atoms with Gasteiger partial charge < -0.3 is 24.7 Å². The summed E-state index contributed by atoms with van der Waals surface area (Å²) in [4.78, 5) is 25.6. The molecule has 8 heteroatoms. The maximum Gasteiger partial charge on any atom is 2.00 e. The van der Waals surface area contributed by atoms with Crippen molar-refractivity contribution in [1.82, 2.24) is 0 Å². The maximum absolute atomic E-state index is 8.55. The molecule has 0 aliphatic rings. The molecule has 0 heterocycles. The molecular formula is HNaO5PZr-. The van der Waals surface area contributed by atoms with Crippen molar-refractivity contribution < 1.29 is 80.5 Å². The molecule has 0 bridgehead atoms. The van der Waals surface area contributed by atoms with Gasteiger partial charge in [0.1, 0.15) is 0 Å². The monoisotopic (exact) mass is 225 g/mol. The van der Waals surface area contributed by atoms with E-state index < -0.39 is 7.82 Å². The summed E-state index contributed by atoms with van der Waals surface area (Å²) in [6.07, 6.45) is 0. The van der Waals surface area contributed by atoms with E-state index in [1.54, 1.807) is 0 Å². The van der Waals surface area contributed by atoms with Crippen LogP contribution in [-0.2, 0) is 30.8 Å². The standard InChI is InChI=1S/Na.H3O4P.H2O.Zr/c;1-5(2,3)4;;/h;(H3,1,2,3,4);1H2;/q+1;;;+2/p-4. The quantitative estimate of drug-likeness (QED) is 0.301. The molecule has 0 radical (unpaired) electrons. The van der Waals surface area contributed by atoms with Crippen molar-refractivity contribution in [3.05, 3.63) is 0 Å². The Hall–Kier alpha value is 1.95. The molecule has 0 aromatic carbocycles. The first-order valence-corrected chi connectivity index (χ1v) is 2.19. The Morgan fingerprint density at radius 1 is 1.12 bits per heavy atom. The number of phosphoric acid groups is 1. The maximum atomic E-state index is 8.55. The molecule has 0 saturated heterocycles. The van der Waals surface area contributed by atoms with Crippen molar-refractivity contribution in [2.75, 3.05) is 0 Å². The minimum atomic E-state index is -5.39. The van der Waals surface area contributed by atoms with Crippen molar-refractivity contribution in [2.45, 2.75) is 0 Å². The second-order valence-corrected chi connectivity index (χ2v) is 1.34. The van der Waals surface area contributed by atoms with Gasteiger partial charge in [0.25, 0.3) is 0 Å². The predicted octanol–water partition coefficient (Wildman–Crippen LogP) is -6.00. The normalized spacial score (nSPS) is 7.38. The Balaban J connectivity index is -0.0000000267. The molecule has 0 aliphatic heterocycles. The molecule has 0 aliphatic carbocycles. The van der Waals surface area contributed by atoms with E-state index in [2.05, 4.69) is 0 Å². The molecule has 0 atom stereocenters. The molecule has 0 aromatic heterocycles. The topological polar surface area (TPSA) is 116 Å². The molecule has 0 fully saturated rings. The summed E-state index contributed by atoms with van der Waals surface area (Å²) in [6.45, 7) is 0.